The molecule has 1 aromatic rings. The lowest BCUT2D eigenvalue weighted by molar-refractivity contribution is -0.143. The minimum Gasteiger partial charge on any atom is -0.480 e. The van der Waals surface area contributed by atoms with E-state index in [1.54, 1.807) is 30.3 Å². The Morgan fingerprint density at radius 3 is 1.67 bits per heavy atom. The zero-order valence-corrected chi connectivity index (χ0v) is 25.6. The van der Waals surface area contributed by atoms with Crippen molar-refractivity contribution in [3.05, 3.63) is 35.9 Å². The van der Waals surface area contributed by atoms with Crippen LogP contribution in [0.5, 0.6) is 0 Å². The summed E-state index contributed by atoms with van der Waals surface area (Å²) < 4.78 is 0. The van der Waals surface area contributed by atoms with Crippen LogP contribution >= 0.6 is 0 Å². The molecule has 0 spiro atoms. The molecule has 7 atom stereocenters. The Morgan fingerprint density at radius 2 is 1.17 bits per heavy atom. The minimum atomic E-state index is -1.64. The molecule has 0 unspecified atom stereocenters. The largest absolute Gasteiger partial charge is 0.480 e. The third-order valence-electron chi connectivity index (χ3n) is 6.54. The first-order chi connectivity index (χ1) is 21.4. The third kappa shape index (κ3) is 13.7. The smallest absolute Gasteiger partial charge is 0.326 e. The van der Waals surface area contributed by atoms with Gasteiger partial charge in [-0.1, -0.05) is 30.3 Å². The van der Waals surface area contributed by atoms with Gasteiger partial charge >= 0.3 is 5.97 Å². The van der Waals surface area contributed by atoms with E-state index in [4.69, 9.17) is 17.2 Å². The summed E-state index contributed by atoms with van der Waals surface area (Å²) >= 11 is 0. The van der Waals surface area contributed by atoms with Gasteiger partial charge in [0.1, 0.15) is 30.2 Å². The molecule has 0 bridgehead atoms. The molecule has 18 heteroatoms. The molecule has 0 saturated heterocycles. The quantitative estimate of drug-likeness (QED) is 0.0682. The third-order valence-corrected chi connectivity index (χ3v) is 6.54. The van der Waals surface area contributed by atoms with Gasteiger partial charge in [-0.25, -0.2) is 4.79 Å². The molecule has 46 heavy (non-hydrogen) atoms. The van der Waals surface area contributed by atoms with Crippen LogP contribution in [-0.2, 0) is 44.8 Å². The maximum atomic E-state index is 13.0. The number of amides is 7. The van der Waals surface area contributed by atoms with Gasteiger partial charge in [0.25, 0.3) is 0 Å². The highest BCUT2D eigenvalue weighted by molar-refractivity contribution is 5.97. The Labute approximate surface area is 264 Å². The SMILES string of the molecule is C[C@H](NC(=O)[C@H](C)NC(=O)[C@@H](NC(=O)[C@@H](N)CC(N)=O)[C@@H](C)O)C(=O)N[C@@H](CCc1ccccc1)C(=O)N[C@@H](CC(N)=O)C(=O)O. The van der Waals surface area contributed by atoms with Crippen LogP contribution in [0.1, 0.15) is 45.6 Å². The molecule has 0 heterocycles. The maximum Gasteiger partial charge on any atom is 0.326 e. The van der Waals surface area contributed by atoms with Gasteiger partial charge < -0.3 is 54.0 Å². The zero-order valence-electron chi connectivity index (χ0n) is 25.6. The van der Waals surface area contributed by atoms with Gasteiger partial charge in [-0.15, -0.1) is 0 Å². The van der Waals surface area contributed by atoms with Crippen molar-refractivity contribution >= 4 is 47.3 Å². The molecule has 254 valence electrons. The topological polar surface area (TPSA) is 315 Å². The first-order valence-electron chi connectivity index (χ1n) is 14.2. The zero-order chi connectivity index (χ0) is 35.1. The second kappa shape index (κ2) is 18.6. The predicted octanol–water partition coefficient (Wildman–Crippen LogP) is -4.37. The van der Waals surface area contributed by atoms with Crippen molar-refractivity contribution in [3.63, 3.8) is 0 Å². The highest BCUT2D eigenvalue weighted by atomic mass is 16.4. The van der Waals surface area contributed by atoms with Gasteiger partial charge in [-0.2, -0.15) is 0 Å². The summed E-state index contributed by atoms with van der Waals surface area (Å²) in [5, 5.41) is 30.8. The normalized spacial score (nSPS) is 15.3. The number of aliphatic hydroxyl groups excluding tert-OH is 1. The van der Waals surface area contributed by atoms with Crippen molar-refractivity contribution in [2.75, 3.05) is 0 Å². The van der Waals surface area contributed by atoms with Crippen LogP contribution in [0, 0.1) is 0 Å². The average molecular weight is 651 g/mol. The van der Waals surface area contributed by atoms with Crippen LogP contribution in [-0.4, -0.2) is 99.9 Å². The van der Waals surface area contributed by atoms with Gasteiger partial charge in [0.2, 0.25) is 41.4 Å². The van der Waals surface area contributed by atoms with E-state index in [2.05, 4.69) is 26.6 Å². The molecule has 0 aliphatic heterocycles. The highest BCUT2D eigenvalue weighted by Gasteiger charge is 2.32. The molecular weight excluding hydrogens is 608 g/mol. The van der Waals surface area contributed by atoms with Crippen LogP contribution in [0.3, 0.4) is 0 Å². The lowest BCUT2D eigenvalue weighted by Gasteiger charge is -2.25. The van der Waals surface area contributed by atoms with Crippen molar-refractivity contribution in [2.45, 2.75) is 88.8 Å². The summed E-state index contributed by atoms with van der Waals surface area (Å²) in [7, 11) is 0. The van der Waals surface area contributed by atoms with Gasteiger partial charge in [-0.3, -0.25) is 33.6 Å². The van der Waals surface area contributed by atoms with Crippen LogP contribution < -0.4 is 43.8 Å². The van der Waals surface area contributed by atoms with Gasteiger partial charge in [0.05, 0.1) is 25.0 Å². The van der Waals surface area contributed by atoms with Crippen molar-refractivity contribution in [3.8, 4) is 0 Å². The summed E-state index contributed by atoms with van der Waals surface area (Å²) in [6.45, 7) is 3.75. The van der Waals surface area contributed by atoms with E-state index in [0.717, 1.165) is 5.56 Å². The number of aryl methyl sites for hydroxylation is 1. The number of benzene rings is 1. The number of hydrogen-bond acceptors (Lipinski definition) is 10. The van der Waals surface area contributed by atoms with E-state index < -0.39 is 103 Å². The maximum absolute atomic E-state index is 13.0. The van der Waals surface area contributed by atoms with E-state index in [1.165, 1.54) is 20.8 Å². The lowest BCUT2D eigenvalue weighted by atomic mass is 10.0. The first kappa shape index (κ1) is 38.9. The van der Waals surface area contributed by atoms with Crippen molar-refractivity contribution in [1.82, 2.24) is 26.6 Å². The second-order valence-electron chi connectivity index (χ2n) is 10.6. The summed E-state index contributed by atoms with van der Waals surface area (Å²) in [5.41, 5.74) is 16.5. The van der Waals surface area contributed by atoms with Crippen LogP contribution in [0.25, 0.3) is 0 Å². The number of carbonyl (C=O) groups is 8. The number of carbonyl (C=O) groups excluding carboxylic acids is 7. The van der Waals surface area contributed by atoms with Gasteiger partial charge in [-0.05, 0) is 39.2 Å². The molecule has 18 nitrogen and oxygen atoms in total. The minimum absolute atomic E-state index is 0.0210. The fourth-order valence-electron chi connectivity index (χ4n) is 3.94. The molecule has 0 radical (unpaired) electrons. The second-order valence-corrected chi connectivity index (χ2v) is 10.6. The summed E-state index contributed by atoms with van der Waals surface area (Å²) in [5.74, 6) is -7.85. The number of aliphatic hydroxyl groups is 1. The molecule has 13 N–H and O–H groups in total. The molecule has 0 aliphatic carbocycles. The molecule has 0 aliphatic rings. The van der Waals surface area contributed by atoms with Crippen molar-refractivity contribution < 1.29 is 48.6 Å². The molecule has 0 saturated carbocycles. The van der Waals surface area contributed by atoms with E-state index >= 15 is 0 Å². The Kier molecular flexibility index (Phi) is 15.8. The first-order valence-corrected chi connectivity index (χ1v) is 14.2. The van der Waals surface area contributed by atoms with Crippen LogP contribution in [0.2, 0.25) is 0 Å². The molecule has 1 aromatic carbocycles. The monoisotopic (exact) mass is 650 g/mol. The van der Waals surface area contributed by atoms with Crippen LogP contribution in [0.15, 0.2) is 30.3 Å². The predicted molar refractivity (Wildman–Crippen MR) is 161 cm³/mol. The molecule has 0 aromatic heterocycles. The average Bonchev–Trinajstić information content (AvgIpc) is 2.96. The standard InChI is InChI=1S/C28H42N8O10/c1-13(33-27(44)22(15(3)37)36-25(42)17(29)11-20(30)38)23(40)32-14(2)24(41)34-18(10-9-16-7-5-4-6-8-16)26(43)35-19(28(45)46)12-21(31)39/h4-8,13-15,17-19,22,37H,9-12,29H2,1-3H3,(H2,30,38)(H2,31,39)(H,32,40)(H,33,44)(H,34,41)(H,35,43)(H,36,42)(H,45,46)/t13-,14-,15+,17-,18-,19-,22-/m0/s1. The van der Waals surface area contributed by atoms with Crippen LogP contribution in [0.4, 0.5) is 0 Å². The van der Waals surface area contributed by atoms with E-state index in [1.807, 2.05) is 0 Å². The Hall–Kier alpha value is -5.10. The molecule has 1 rings (SSSR count). The summed E-state index contributed by atoms with van der Waals surface area (Å²) in [6, 6.07) is 0.464. The van der Waals surface area contributed by atoms with Crippen molar-refractivity contribution in [1.29, 1.82) is 0 Å². The number of nitrogens with one attached hydrogen (secondary N) is 5. The number of carboxylic acid groups (broad SMARTS) is 1. The number of aliphatic carboxylic acids is 1. The van der Waals surface area contributed by atoms with Gasteiger partial charge in [0.15, 0.2) is 0 Å². The van der Waals surface area contributed by atoms with E-state index in [9.17, 15) is 48.6 Å². The fourth-order valence-corrected chi connectivity index (χ4v) is 3.94. The Balaban J connectivity index is 2.92. The van der Waals surface area contributed by atoms with E-state index in [-0.39, 0.29) is 6.42 Å². The number of carboxylic acids is 1. The summed E-state index contributed by atoms with van der Waals surface area (Å²) in [4.78, 5) is 97.5. The lowest BCUT2D eigenvalue weighted by Crippen LogP contribution is -2.60. The van der Waals surface area contributed by atoms with Gasteiger partial charge in [0, 0.05) is 0 Å². The highest BCUT2D eigenvalue weighted by Crippen LogP contribution is 2.07. The summed E-state index contributed by atoms with van der Waals surface area (Å²) in [6.07, 6.45) is -2.32. The molecule has 0 fully saturated rings. The number of nitrogens with two attached hydrogens (primary N) is 3. The number of primary amides is 2. The van der Waals surface area contributed by atoms with Crippen molar-refractivity contribution in [2.24, 2.45) is 17.2 Å². The number of rotatable bonds is 19. The molecule has 7 amide bonds. The number of hydrogen-bond donors (Lipinski definition) is 10. The fraction of sp³-hybridized carbons (Fsp3) is 0.500. The Bertz CT molecular complexity index is 1280. The Morgan fingerprint density at radius 1 is 0.674 bits per heavy atom. The molecular formula is C28H42N8O10. The van der Waals surface area contributed by atoms with E-state index in [0.29, 0.717) is 6.42 Å².